The fraction of sp³-hybridized carbons (Fsp3) is 0.333. The van der Waals surface area contributed by atoms with Crippen LogP contribution in [0.4, 0.5) is 11.4 Å². The van der Waals surface area contributed by atoms with Crippen molar-refractivity contribution in [3.8, 4) is 0 Å². The fourth-order valence-corrected chi connectivity index (χ4v) is 4.77. The van der Waals surface area contributed by atoms with Crippen LogP contribution in [0.25, 0.3) is 11.6 Å². The lowest BCUT2D eigenvalue weighted by molar-refractivity contribution is -0.114. The number of likely N-dealkylation sites (N-methyl/N-ethyl adjacent to an activating group) is 1. The molecule has 0 unspecified atom stereocenters. The van der Waals surface area contributed by atoms with Crippen molar-refractivity contribution in [3.05, 3.63) is 70.9 Å². The first kappa shape index (κ1) is 21.5. The molecular formula is C27H30N4O2. The van der Waals surface area contributed by atoms with E-state index in [1.54, 1.807) is 6.20 Å². The van der Waals surface area contributed by atoms with Gasteiger partial charge in [-0.15, -0.1) is 0 Å². The average Bonchev–Trinajstić information content (AvgIpc) is 3.33. The van der Waals surface area contributed by atoms with Gasteiger partial charge in [-0.25, -0.2) is 0 Å². The van der Waals surface area contributed by atoms with Crippen molar-refractivity contribution in [2.24, 2.45) is 0 Å². The Kier molecular flexibility index (Phi) is 6.01. The number of carbonyl (C=O) groups excluding carboxylic acids is 2. The molecule has 2 N–H and O–H groups in total. The van der Waals surface area contributed by atoms with Crippen molar-refractivity contribution in [2.45, 2.75) is 25.7 Å². The van der Waals surface area contributed by atoms with Crippen LogP contribution in [0.15, 0.2) is 54.2 Å². The molecule has 5 rings (SSSR count). The van der Waals surface area contributed by atoms with Crippen molar-refractivity contribution < 1.29 is 9.59 Å². The molecule has 1 saturated carbocycles. The standard InChI is InChI=1S/C27H30N4O2/c1-30-12-14-31(15-13-30)22-9-7-21(8-10-22)28-18-25-24-17-20(16-19-4-2-3-5-19)6-11-23(24)26(32)29-27(25)33/h6-11,16-18,28H,2-5,12-15H2,1H3,(H,29,32,33)/b25-18-. The maximum atomic E-state index is 12.7. The highest BCUT2D eigenvalue weighted by Crippen LogP contribution is 2.30. The van der Waals surface area contributed by atoms with Crippen LogP contribution in [0.1, 0.15) is 47.2 Å². The average molecular weight is 443 g/mol. The van der Waals surface area contributed by atoms with Gasteiger partial charge in [-0.05, 0) is 74.7 Å². The quantitative estimate of drug-likeness (QED) is 0.551. The van der Waals surface area contributed by atoms with E-state index in [1.807, 2.05) is 30.3 Å². The summed E-state index contributed by atoms with van der Waals surface area (Å²) in [5.74, 6) is -0.719. The first-order chi connectivity index (χ1) is 16.1. The lowest BCUT2D eigenvalue weighted by Gasteiger charge is -2.34. The number of nitrogens with zero attached hydrogens (tertiary/aromatic N) is 2. The molecular weight excluding hydrogens is 412 g/mol. The normalized spacial score (nSPS) is 20.1. The highest BCUT2D eigenvalue weighted by molar-refractivity contribution is 6.31. The smallest absolute Gasteiger partial charge is 0.260 e. The third-order valence-electron chi connectivity index (χ3n) is 6.79. The van der Waals surface area contributed by atoms with Crippen LogP contribution < -0.4 is 15.5 Å². The van der Waals surface area contributed by atoms with Gasteiger partial charge in [0.05, 0.1) is 5.57 Å². The number of carbonyl (C=O) groups is 2. The summed E-state index contributed by atoms with van der Waals surface area (Å²) in [6, 6.07) is 14.0. The van der Waals surface area contributed by atoms with E-state index in [2.05, 4.69) is 45.7 Å². The number of allylic oxidation sites excluding steroid dienone is 1. The van der Waals surface area contributed by atoms with Crippen LogP contribution in [-0.2, 0) is 4.79 Å². The zero-order valence-corrected chi connectivity index (χ0v) is 19.1. The van der Waals surface area contributed by atoms with Gasteiger partial charge in [0.25, 0.3) is 11.8 Å². The van der Waals surface area contributed by atoms with E-state index in [0.717, 1.165) is 50.3 Å². The Balaban J connectivity index is 1.37. The second-order valence-corrected chi connectivity index (χ2v) is 9.14. The first-order valence-corrected chi connectivity index (χ1v) is 11.8. The summed E-state index contributed by atoms with van der Waals surface area (Å²) in [7, 11) is 2.15. The minimum absolute atomic E-state index is 0.344. The number of hydrogen-bond donors (Lipinski definition) is 2. The van der Waals surface area contributed by atoms with Crippen molar-refractivity contribution in [1.82, 2.24) is 10.2 Å². The SMILES string of the molecule is CN1CCN(c2ccc(N/C=C3\C(=O)NC(=O)c4ccc(C=C5CCCC5)cc43)cc2)CC1. The van der Waals surface area contributed by atoms with E-state index in [4.69, 9.17) is 0 Å². The van der Waals surface area contributed by atoms with Crippen molar-refractivity contribution in [1.29, 1.82) is 0 Å². The lowest BCUT2D eigenvalue weighted by atomic mass is 9.93. The van der Waals surface area contributed by atoms with Gasteiger partial charge in [0, 0.05) is 54.9 Å². The number of hydrogen-bond acceptors (Lipinski definition) is 5. The van der Waals surface area contributed by atoms with Crippen LogP contribution in [-0.4, -0.2) is 49.9 Å². The van der Waals surface area contributed by atoms with Crippen molar-refractivity contribution in [3.63, 3.8) is 0 Å². The molecule has 6 heteroatoms. The number of rotatable bonds is 4. The van der Waals surface area contributed by atoms with Crippen molar-refractivity contribution >= 4 is 34.8 Å². The van der Waals surface area contributed by atoms with E-state index in [-0.39, 0.29) is 11.8 Å². The summed E-state index contributed by atoms with van der Waals surface area (Å²) in [5.41, 5.74) is 6.26. The molecule has 170 valence electrons. The van der Waals surface area contributed by atoms with Gasteiger partial charge < -0.3 is 15.1 Å². The monoisotopic (exact) mass is 442 g/mol. The van der Waals surface area contributed by atoms with E-state index in [0.29, 0.717) is 16.7 Å². The van der Waals surface area contributed by atoms with Crippen LogP contribution in [0.5, 0.6) is 0 Å². The van der Waals surface area contributed by atoms with Crippen molar-refractivity contribution in [2.75, 3.05) is 43.4 Å². The molecule has 0 spiro atoms. The Bertz CT molecular complexity index is 1120. The molecule has 3 aliphatic rings. The zero-order valence-electron chi connectivity index (χ0n) is 19.1. The van der Waals surface area contributed by atoms with Gasteiger partial charge in [0.15, 0.2) is 0 Å². The maximum Gasteiger partial charge on any atom is 0.260 e. The molecule has 2 amide bonds. The largest absolute Gasteiger partial charge is 0.369 e. The number of anilines is 2. The summed E-state index contributed by atoms with van der Waals surface area (Å²) in [5, 5.41) is 5.71. The Morgan fingerprint density at radius 1 is 0.879 bits per heavy atom. The van der Waals surface area contributed by atoms with E-state index < -0.39 is 0 Å². The molecule has 1 saturated heterocycles. The highest BCUT2D eigenvalue weighted by atomic mass is 16.2. The molecule has 2 aromatic rings. The predicted molar refractivity (Wildman–Crippen MR) is 133 cm³/mol. The Hall–Kier alpha value is -3.38. The minimum atomic E-state index is -0.375. The molecule has 0 aromatic heterocycles. The second-order valence-electron chi connectivity index (χ2n) is 9.14. The molecule has 0 bridgehead atoms. The molecule has 33 heavy (non-hydrogen) atoms. The lowest BCUT2D eigenvalue weighted by Crippen LogP contribution is -2.44. The summed E-state index contributed by atoms with van der Waals surface area (Å²) in [6.45, 7) is 4.18. The van der Waals surface area contributed by atoms with Gasteiger partial charge in [-0.1, -0.05) is 17.7 Å². The molecule has 0 atom stereocenters. The molecule has 2 fully saturated rings. The van der Waals surface area contributed by atoms with E-state index in [9.17, 15) is 9.59 Å². The van der Waals surface area contributed by atoms with Gasteiger partial charge in [-0.3, -0.25) is 14.9 Å². The van der Waals surface area contributed by atoms with E-state index >= 15 is 0 Å². The Morgan fingerprint density at radius 2 is 1.61 bits per heavy atom. The van der Waals surface area contributed by atoms with Crippen LogP contribution in [0.3, 0.4) is 0 Å². The molecule has 2 aromatic carbocycles. The topological polar surface area (TPSA) is 64.7 Å². The number of amides is 2. The molecule has 6 nitrogen and oxygen atoms in total. The number of benzene rings is 2. The Labute approximate surface area is 195 Å². The van der Waals surface area contributed by atoms with E-state index in [1.165, 1.54) is 24.1 Å². The summed E-state index contributed by atoms with van der Waals surface area (Å²) in [6.07, 6.45) is 8.64. The summed E-state index contributed by atoms with van der Waals surface area (Å²) >= 11 is 0. The molecule has 1 aliphatic carbocycles. The number of fused-ring (bicyclic) bond motifs is 1. The van der Waals surface area contributed by atoms with Crippen LogP contribution >= 0.6 is 0 Å². The predicted octanol–water partition coefficient (Wildman–Crippen LogP) is 4.12. The third-order valence-corrected chi connectivity index (χ3v) is 6.79. The number of nitrogens with one attached hydrogen (secondary N) is 2. The number of piperazine rings is 1. The third kappa shape index (κ3) is 4.71. The Morgan fingerprint density at radius 3 is 2.33 bits per heavy atom. The van der Waals surface area contributed by atoms with Gasteiger partial charge >= 0.3 is 0 Å². The van der Waals surface area contributed by atoms with Crippen LogP contribution in [0, 0.1) is 0 Å². The van der Waals surface area contributed by atoms with Crippen LogP contribution in [0.2, 0.25) is 0 Å². The van der Waals surface area contributed by atoms with Gasteiger partial charge in [-0.2, -0.15) is 0 Å². The number of imide groups is 1. The first-order valence-electron chi connectivity index (χ1n) is 11.8. The zero-order chi connectivity index (χ0) is 22.8. The second kappa shape index (κ2) is 9.24. The molecule has 2 aliphatic heterocycles. The fourth-order valence-electron chi connectivity index (χ4n) is 4.77. The summed E-state index contributed by atoms with van der Waals surface area (Å²) in [4.78, 5) is 29.8. The summed E-state index contributed by atoms with van der Waals surface area (Å²) < 4.78 is 0. The molecule has 2 heterocycles. The maximum absolute atomic E-state index is 12.7. The highest BCUT2D eigenvalue weighted by Gasteiger charge is 2.27. The molecule has 0 radical (unpaired) electrons. The van der Waals surface area contributed by atoms with Gasteiger partial charge in [0.2, 0.25) is 0 Å². The van der Waals surface area contributed by atoms with Gasteiger partial charge in [0.1, 0.15) is 0 Å². The minimum Gasteiger partial charge on any atom is -0.369 e.